The zero-order valence-corrected chi connectivity index (χ0v) is 13.9. The molecule has 0 saturated carbocycles. The monoisotopic (exact) mass is 340 g/mol. The Morgan fingerprint density at radius 3 is 2.68 bits per heavy atom. The number of nitrogens with one attached hydrogen (secondary N) is 1. The van der Waals surface area contributed by atoms with E-state index in [1.165, 1.54) is 0 Å². The normalized spacial score (nSPS) is 14.7. The fourth-order valence-corrected chi connectivity index (χ4v) is 2.92. The molecule has 1 atom stereocenters. The smallest absolute Gasteiger partial charge is 0.274 e. The molecule has 0 radical (unpaired) electrons. The van der Waals surface area contributed by atoms with Crippen molar-refractivity contribution in [3.63, 3.8) is 0 Å². The minimum atomic E-state index is -0.596. The second-order valence-electron chi connectivity index (χ2n) is 6.00. The zero-order chi connectivity index (χ0) is 17.8. The van der Waals surface area contributed by atoms with E-state index in [1.54, 1.807) is 28.6 Å². The van der Waals surface area contributed by atoms with E-state index in [9.17, 15) is 9.59 Å². The van der Waals surface area contributed by atoms with Gasteiger partial charge in [0.05, 0.1) is 12.5 Å². The Morgan fingerprint density at radius 1 is 1.20 bits per heavy atom. The van der Waals surface area contributed by atoms with Gasteiger partial charge >= 0.3 is 0 Å². The van der Waals surface area contributed by atoms with Crippen LogP contribution in [0.15, 0.2) is 48.5 Å². The highest BCUT2D eigenvalue weighted by molar-refractivity contribution is 5.93. The Balaban J connectivity index is 1.79. The lowest BCUT2D eigenvalue weighted by Crippen LogP contribution is -2.35. The third kappa shape index (κ3) is 3.64. The fraction of sp³-hybridized carbons (Fsp3) is 0.263. The minimum absolute atomic E-state index is 0.0415. The molecule has 6 heteroatoms. The van der Waals surface area contributed by atoms with Gasteiger partial charge in [-0.15, -0.1) is 0 Å². The molecule has 1 aliphatic rings. The quantitative estimate of drug-likeness (QED) is 0.664. The predicted octanol–water partition coefficient (Wildman–Crippen LogP) is 2.33. The molecule has 130 valence electrons. The first-order valence-corrected chi connectivity index (χ1v) is 8.14. The van der Waals surface area contributed by atoms with E-state index in [1.807, 2.05) is 37.3 Å². The lowest BCUT2D eigenvalue weighted by atomic mass is 9.99. The number of nitrogens with zero attached hydrogens (tertiary/aromatic N) is 1. The Kier molecular flexibility index (Phi) is 5.00. The maximum atomic E-state index is 12.9. The minimum Gasteiger partial charge on any atom is -0.491 e. The lowest BCUT2D eigenvalue weighted by molar-refractivity contribution is -0.133. The molecule has 6 nitrogen and oxygen atoms in total. The van der Waals surface area contributed by atoms with E-state index in [-0.39, 0.29) is 11.8 Å². The first-order valence-electron chi connectivity index (χ1n) is 8.14. The maximum absolute atomic E-state index is 12.9. The Morgan fingerprint density at radius 2 is 1.96 bits per heavy atom. The molecule has 25 heavy (non-hydrogen) atoms. The van der Waals surface area contributed by atoms with Crippen molar-refractivity contribution in [3.8, 4) is 5.75 Å². The van der Waals surface area contributed by atoms with Crippen LogP contribution < -0.4 is 10.2 Å². The van der Waals surface area contributed by atoms with Crippen LogP contribution in [0, 0.1) is 0 Å². The molecule has 0 bridgehead atoms. The third-order valence-corrected chi connectivity index (χ3v) is 4.39. The summed E-state index contributed by atoms with van der Waals surface area (Å²) >= 11 is 0. The summed E-state index contributed by atoms with van der Waals surface area (Å²) in [7, 11) is 0. The number of benzene rings is 2. The highest BCUT2D eigenvalue weighted by Crippen LogP contribution is 2.27. The molecular weight excluding hydrogens is 320 g/mol. The number of hydroxylamine groups is 1. The van der Waals surface area contributed by atoms with E-state index in [2.05, 4.69) is 0 Å². The number of fused-ring (bicyclic) bond motifs is 1. The highest BCUT2D eigenvalue weighted by Gasteiger charge is 2.25. The highest BCUT2D eigenvalue weighted by atomic mass is 16.5. The second kappa shape index (κ2) is 7.36. The van der Waals surface area contributed by atoms with Gasteiger partial charge in [-0.3, -0.25) is 14.8 Å². The molecule has 1 aliphatic heterocycles. The van der Waals surface area contributed by atoms with Crippen LogP contribution >= 0.6 is 0 Å². The van der Waals surface area contributed by atoms with Crippen molar-refractivity contribution in [2.75, 3.05) is 13.2 Å². The van der Waals surface area contributed by atoms with Gasteiger partial charge < -0.3 is 9.64 Å². The molecule has 0 saturated heterocycles. The van der Waals surface area contributed by atoms with Crippen LogP contribution in [0.2, 0.25) is 0 Å². The summed E-state index contributed by atoms with van der Waals surface area (Å²) in [6.45, 7) is 3.15. The summed E-state index contributed by atoms with van der Waals surface area (Å²) < 4.78 is 5.69. The molecule has 0 fully saturated rings. The number of carbonyl (C=O) groups excluding carboxylic acids is 2. The van der Waals surface area contributed by atoms with Crippen molar-refractivity contribution in [1.82, 2.24) is 10.4 Å². The summed E-state index contributed by atoms with van der Waals surface area (Å²) in [4.78, 5) is 26.2. The van der Waals surface area contributed by atoms with Crippen LogP contribution in [-0.4, -0.2) is 35.1 Å². The number of hydrogen-bond donors (Lipinski definition) is 2. The van der Waals surface area contributed by atoms with Crippen molar-refractivity contribution in [2.24, 2.45) is 0 Å². The molecule has 0 aromatic heterocycles. The summed E-state index contributed by atoms with van der Waals surface area (Å²) in [5.41, 5.74) is 3.72. The summed E-state index contributed by atoms with van der Waals surface area (Å²) in [6.07, 6.45) is 0. The average Bonchev–Trinajstić information content (AvgIpc) is 2.88. The van der Waals surface area contributed by atoms with E-state index in [0.29, 0.717) is 31.0 Å². The molecule has 0 aliphatic carbocycles. The number of ether oxygens (including phenoxy) is 1. The van der Waals surface area contributed by atoms with Crippen molar-refractivity contribution in [2.45, 2.75) is 19.4 Å². The summed E-state index contributed by atoms with van der Waals surface area (Å²) in [5, 5.41) is 8.74. The van der Waals surface area contributed by atoms with Crippen LogP contribution in [0.4, 0.5) is 0 Å². The van der Waals surface area contributed by atoms with Crippen LogP contribution in [0.5, 0.6) is 5.75 Å². The van der Waals surface area contributed by atoms with E-state index in [0.717, 1.165) is 11.1 Å². The Labute approximate surface area is 146 Å². The van der Waals surface area contributed by atoms with Crippen LogP contribution in [0.25, 0.3) is 0 Å². The Hall–Kier alpha value is -2.86. The Bertz CT molecular complexity index is 776. The third-order valence-electron chi connectivity index (χ3n) is 4.39. The standard InChI is InChI=1S/C19H20N2O4/c1-13(14-5-3-2-4-6-14)19(23)21-9-10-25-17-11-15(18(22)20-24)7-8-16(17)12-21/h2-8,11,13,24H,9-10,12H2,1H3,(H,20,22)/t13-/m0/s1. The summed E-state index contributed by atoms with van der Waals surface area (Å²) in [5.74, 6) is -0.230. The van der Waals surface area contributed by atoms with Gasteiger partial charge in [0.15, 0.2) is 0 Å². The van der Waals surface area contributed by atoms with Gasteiger partial charge in [0.1, 0.15) is 12.4 Å². The summed E-state index contributed by atoms with van der Waals surface area (Å²) in [6, 6.07) is 14.6. The van der Waals surface area contributed by atoms with Gasteiger partial charge in [-0.2, -0.15) is 0 Å². The zero-order valence-electron chi connectivity index (χ0n) is 13.9. The lowest BCUT2D eigenvalue weighted by Gasteiger charge is -2.24. The number of amides is 2. The molecule has 0 spiro atoms. The van der Waals surface area contributed by atoms with Gasteiger partial charge in [-0.1, -0.05) is 36.4 Å². The van der Waals surface area contributed by atoms with Crippen LogP contribution in [0.3, 0.4) is 0 Å². The average molecular weight is 340 g/mol. The van der Waals surface area contributed by atoms with E-state index >= 15 is 0 Å². The van der Waals surface area contributed by atoms with Crippen molar-refractivity contribution in [1.29, 1.82) is 0 Å². The van der Waals surface area contributed by atoms with Gasteiger partial charge in [-0.25, -0.2) is 5.48 Å². The first kappa shape index (κ1) is 17.0. The molecule has 3 rings (SSSR count). The molecule has 0 unspecified atom stereocenters. The van der Waals surface area contributed by atoms with E-state index < -0.39 is 5.91 Å². The number of carbonyl (C=O) groups is 2. The van der Waals surface area contributed by atoms with E-state index in [4.69, 9.17) is 9.94 Å². The maximum Gasteiger partial charge on any atom is 0.274 e. The molecule has 2 aromatic rings. The molecule has 2 amide bonds. The van der Waals surface area contributed by atoms with Crippen molar-refractivity contribution < 1.29 is 19.5 Å². The van der Waals surface area contributed by atoms with Gasteiger partial charge in [0, 0.05) is 17.7 Å². The van der Waals surface area contributed by atoms with Crippen LogP contribution in [0.1, 0.15) is 34.3 Å². The van der Waals surface area contributed by atoms with Gasteiger partial charge in [0.25, 0.3) is 5.91 Å². The topological polar surface area (TPSA) is 78.9 Å². The van der Waals surface area contributed by atoms with Crippen molar-refractivity contribution >= 4 is 11.8 Å². The van der Waals surface area contributed by atoms with Gasteiger partial charge in [0.2, 0.25) is 5.91 Å². The fourth-order valence-electron chi connectivity index (χ4n) is 2.92. The largest absolute Gasteiger partial charge is 0.491 e. The molecular formula is C19H20N2O4. The molecule has 2 aromatic carbocycles. The second-order valence-corrected chi connectivity index (χ2v) is 6.00. The number of rotatable bonds is 3. The van der Waals surface area contributed by atoms with Crippen molar-refractivity contribution in [3.05, 3.63) is 65.2 Å². The SMILES string of the molecule is C[C@H](C(=O)N1CCOc2cc(C(=O)NO)ccc2C1)c1ccccc1. The first-order chi connectivity index (χ1) is 12.1. The molecule has 2 N–H and O–H groups in total. The van der Waals surface area contributed by atoms with Crippen LogP contribution in [-0.2, 0) is 11.3 Å². The molecule has 1 heterocycles. The number of hydrogen-bond acceptors (Lipinski definition) is 4. The van der Waals surface area contributed by atoms with Gasteiger partial charge in [-0.05, 0) is 24.6 Å². The predicted molar refractivity (Wildman–Crippen MR) is 91.5 cm³/mol.